The van der Waals surface area contributed by atoms with E-state index >= 15 is 0 Å². The molecule has 1 aliphatic rings. The van der Waals surface area contributed by atoms with Gasteiger partial charge in [0.25, 0.3) is 0 Å². The molecule has 0 saturated heterocycles. The van der Waals surface area contributed by atoms with Crippen LogP contribution in [0.4, 0.5) is 0 Å². The van der Waals surface area contributed by atoms with Gasteiger partial charge in [-0.2, -0.15) is 0 Å². The van der Waals surface area contributed by atoms with Gasteiger partial charge in [-0.3, -0.25) is 9.59 Å². The van der Waals surface area contributed by atoms with E-state index in [0.29, 0.717) is 29.1 Å². The summed E-state index contributed by atoms with van der Waals surface area (Å²) in [6.45, 7) is 14.1. The molecule has 0 aromatic rings. The fourth-order valence-electron chi connectivity index (χ4n) is 3.30. The quantitative estimate of drug-likeness (QED) is 0.246. The second-order valence-electron chi connectivity index (χ2n) is 8.10. The molecule has 1 aliphatic carbocycles. The van der Waals surface area contributed by atoms with Gasteiger partial charge in [0.05, 0.1) is 0 Å². The van der Waals surface area contributed by atoms with Crippen molar-refractivity contribution in [2.75, 3.05) is 0 Å². The van der Waals surface area contributed by atoms with Crippen LogP contribution < -0.4 is 0 Å². The Morgan fingerprint density at radius 1 is 0.857 bits per heavy atom. The lowest BCUT2D eigenvalue weighted by molar-refractivity contribution is -0.116. The summed E-state index contributed by atoms with van der Waals surface area (Å²) >= 11 is 0. The van der Waals surface area contributed by atoms with E-state index in [1.165, 1.54) is 11.1 Å². The van der Waals surface area contributed by atoms with Gasteiger partial charge in [-0.05, 0) is 86.0 Å². The number of carbonyl (C=O) groups is 2. The Bertz CT molecular complexity index is 704. The summed E-state index contributed by atoms with van der Waals surface area (Å²) in [4.78, 5) is 24.7. The number of carbonyl (C=O) groups excluding carboxylic acids is 2. The number of allylic oxidation sites excluding steroid dienone is 8. The number of hydrogen-bond donors (Lipinski definition) is 0. The summed E-state index contributed by atoms with van der Waals surface area (Å²) in [6, 6.07) is 0. The van der Waals surface area contributed by atoms with E-state index in [1.807, 2.05) is 0 Å². The van der Waals surface area contributed by atoms with Crippen LogP contribution in [0.1, 0.15) is 87.0 Å². The van der Waals surface area contributed by atoms with Gasteiger partial charge in [0.2, 0.25) is 0 Å². The van der Waals surface area contributed by atoms with Crippen molar-refractivity contribution in [1.82, 2.24) is 0 Å². The van der Waals surface area contributed by atoms with Crippen LogP contribution in [-0.4, -0.2) is 11.6 Å². The van der Waals surface area contributed by atoms with Gasteiger partial charge >= 0.3 is 0 Å². The first-order valence-corrected chi connectivity index (χ1v) is 10.2. The predicted octanol–water partition coefficient (Wildman–Crippen LogP) is 6.93. The van der Waals surface area contributed by atoms with E-state index in [4.69, 9.17) is 0 Å². The first-order chi connectivity index (χ1) is 13.1. The summed E-state index contributed by atoms with van der Waals surface area (Å²) in [5, 5.41) is 0. The first-order valence-electron chi connectivity index (χ1n) is 10.2. The van der Waals surface area contributed by atoms with Crippen LogP contribution in [0.5, 0.6) is 0 Å². The number of terminal acetylenes is 1. The van der Waals surface area contributed by atoms with Crippen LogP contribution in [0, 0.1) is 18.8 Å². The average Bonchev–Trinajstić information content (AvgIpc) is 2.66. The van der Waals surface area contributed by atoms with E-state index < -0.39 is 0 Å². The molecule has 0 fully saturated rings. The first kappa shape index (κ1) is 25.9. The Labute approximate surface area is 172 Å². The maximum Gasteiger partial charge on any atom is 0.185 e. The molecule has 0 heterocycles. The van der Waals surface area contributed by atoms with Crippen LogP contribution >= 0.6 is 0 Å². The van der Waals surface area contributed by atoms with Crippen molar-refractivity contribution in [1.29, 1.82) is 0 Å². The number of Topliss-reactive ketones (excluding diaryl/α,β-unsaturated/α-hetero) is 2. The third-order valence-electron chi connectivity index (χ3n) is 5.44. The average molecular weight is 383 g/mol. The van der Waals surface area contributed by atoms with E-state index in [2.05, 4.69) is 52.7 Å². The SMILES string of the molecule is C#C.CC(C)=CCC/C(C)=C/CC[C@@H](C)CCC1=C(C)C(=O)C(C)=C(C)C1=O. The van der Waals surface area contributed by atoms with Gasteiger partial charge in [-0.15, -0.1) is 12.8 Å². The molecule has 0 unspecified atom stereocenters. The molecule has 1 atom stereocenters. The molecular formula is C26H38O2. The van der Waals surface area contributed by atoms with Crippen LogP contribution in [0.3, 0.4) is 0 Å². The Morgan fingerprint density at radius 2 is 1.43 bits per heavy atom. The molecule has 0 aliphatic heterocycles. The zero-order chi connectivity index (χ0) is 21.9. The van der Waals surface area contributed by atoms with E-state index in [-0.39, 0.29) is 11.6 Å². The van der Waals surface area contributed by atoms with E-state index in [0.717, 1.165) is 37.7 Å². The Morgan fingerprint density at radius 3 is 2.00 bits per heavy atom. The minimum absolute atomic E-state index is 0.0414. The lowest BCUT2D eigenvalue weighted by Gasteiger charge is -2.20. The molecule has 0 aromatic heterocycles. The van der Waals surface area contributed by atoms with E-state index in [1.54, 1.807) is 20.8 Å². The van der Waals surface area contributed by atoms with Gasteiger partial charge in [0.15, 0.2) is 11.6 Å². The third-order valence-corrected chi connectivity index (χ3v) is 5.44. The number of hydrogen-bond acceptors (Lipinski definition) is 2. The summed E-state index contributed by atoms with van der Waals surface area (Å²) in [6.07, 6.45) is 18.8. The molecular weight excluding hydrogens is 344 g/mol. The second-order valence-corrected chi connectivity index (χ2v) is 8.10. The molecule has 0 saturated carbocycles. The molecule has 0 spiro atoms. The highest BCUT2D eigenvalue weighted by Gasteiger charge is 2.27. The lowest BCUT2D eigenvalue weighted by Crippen LogP contribution is -2.21. The molecule has 2 heteroatoms. The van der Waals surface area contributed by atoms with Crippen LogP contribution in [0.25, 0.3) is 0 Å². The van der Waals surface area contributed by atoms with Gasteiger partial charge in [0, 0.05) is 22.3 Å². The molecule has 0 radical (unpaired) electrons. The zero-order valence-electron chi connectivity index (χ0n) is 18.9. The minimum Gasteiger partial charge on any atom is -0.289 e. The Kier molecular flexibility index (Phi) is 12.1. The van der Waals surface area contributed by atoms with Crippen molar-refractivity contribution in [3.05, 3.63) is 45.6 Å². The smallest absolute Gasteiger partial charge is 0.185 e. The molecule has 0 N–H and O–H groups in total. The van der Waals surface area contributed by atoms with Crippen molar-refractivity contribution in [3.63, 3.8) is 0 Å². The van der Waals surface area contributed by atoms with Gasteiger partial charge < -0.3 is 0 Å². The maximum absolute atomic E-state index is 12.5. The van der Waals surface area contributed by atoms with Crippen LogP contribution in [0.2, 0.25) is 0 Å². The molecule has 154 valence electrons. The second kappa shape index (κ2) is 13.1. The number of ketones is 2. The largest absolute Gasteiger partial charge is 0.289 e. The topological polar surface area (TPSA) is 34.1 Å². The zero-order valence-corrected chi connectivity index (χ0v) is 18.9. The van der Waals surface area contributed by atoms with Gasteiger partial charge in [-0.25, -0.2) is 0 Å². The third kappa shape index (κ3) is 8.26. The van der Waals surface area contributed by atoms with Gasteiger partial charge in [0.1, 0.15) is 0 Å². The fraction of sp³-hybridized carbons (Fsp3) is 0.538. The van der Waals surface area contributed by atoms with Crippen molar-refractivity contribution in [2.45, 2.75) is 87.0 Å². The summed E-state index contributed by atoms with van der Waals surface area (Å²) in [7, 11) is 0. The normalized spacial score (nSPS) is 16.0. The molecule has 0 aromatic carbocycles. The van der Waals surface area contributed by atoms with Crippen molar-refractivity contribution < 1.29 is 9.59 Å². The highest BCUT2D eigenvalue weighted by atomic mass is 16.1. The van der Waals surface area contributed by atoms with Crippen LogP contribution in [-0.2, 0) is 9.59 Å². The highest BCUT2D eigenvalue weighted by molar-refractivity contribution is 6.24. The molecule has 2 nitrogen and oxygen atoms in total. The van der Waals surface area contributed by atoms with Crippen molar-refractivity contribution in [2.24, 2.45) is 5.92 Å². The molecule has 1 rings (SSSR count). The fourth-order valence-corrected chi connectivity index (χ4v) is 3.30. The molecule has 0 bridgehead atoms. The predicted molar refractivity (Wildman–Crippen MR) is 121 cm³/mol. The van der Waals surface area contributed by atoms with E-state index in [9.17, 15) is 9.59 Å². The monoisotopic (exact) mass is 382 g/mol. The summed E-state index contributed by atoms with van der Waals surface area (Å²) in [5.74, 6) is 0.661. The lowest BCUT2D eigenvalue weighted by atomic mass is 9.82. The minimum atomic E-state index is 0.0414. The standard InChI is InChI=1S/C24H36O2.C2H2/c1-16(2)10-8-11-17(3)12-9-13-18(4)14-15-22-21(7)23(25)19(5)20(6)24(22)26;1-2/h10,12,18H,8-9,11,13-15H2,1-7H3;1-2H/b17-12+;/t18-;/m1./s1. The van der Waals surface area contributed by atoms with Crippen molar-refractivity contribution >= 4 is 11.6 Å². The summed E-state index contributed by atoms with van der Waals surface area (Å²) in [5.41, 5.74) is 5.46. The van der Waals surface area contributed by atoms with Crippen LogP contribution in [0.15, 0.2) is 45.6 Å². The van der Waals surface area contributed by atoms with Crippen molar-refractivity contribution in [3.8, 4) is 12.8 Å². The molecule has 28 heavy (non-hydrogen) atoms. The highest BCUT2D eigenvalue weighted by Crippen LogP contribution is 2.28. The Balaban J connectivity index is 0.00000352. The Hall–Kier alpha value is -2.14. The summed E-state index contributed by atoms with van der Waals surface area (Å²) < 4.78 is 0. The molecule has 0 amide bonds. The maximum atomic E-state index is 12.5. The number of rotatable bonds is 9. The van der Waals surface area contributed by atoms with Gasteiger partial charge in [-0.1, -0.05) is 30.2 Å².